The Morgan fingerprint density at radius 3 is 2.27 bits per heavy atom. The fraction of sp³-hybridized carbons (Fsp3) is 0.727. The van der Waals surface area contributed by atoms with Crippen LogP contribution in [0.15, 0.2) is 16.8 Å². The third-order valence-corrected chi connectivity index (χ3v) is 2.80. The van der Waals surface area contributed by atoms with E-state index in [1.54, 1.807) is 0 Å². The molecular weight excluding hydrogens is 220 g/mol. The average molecular weight is 244 g/mol. The third-order valence-electron chi connectivity index (χ3n) is 2.20. The molecule has 0 amide bonds. The first-order valence-corrected chi connectivity index (χ1v) is 7.45. The largest absolute Gasteiger partial charge is 0.361 e. The van der Waals surface area contributed by atoms with E-state index < -0.39 is 0 Å². The minimum absolute atomic E-state index is 0.115. The molecule has 0 aliphatic carbocycles. The second-order valence-electron chi connectivity index (χ2n) is 4.64. The van der Waals surface area contributed by atoms with Crippen molar-refractivity contribution in [3.05, 3.63) is 11.8 Å². The molecule has 0 aliphatic heterocycles. The van der Waals surface area contributed by atoms with Crippen LogP contribution < -0.4 is 0 Å². The molecule has 0 aliphatic rings. The molecule has 0 spiro atoms. The van der Waals surface area contributed by atoms with Gasteiger partial charge in [0.05, 0.1) is 5.88 Å². The number of allylic oxidation sites excluding steroid dienone is 2. The van der Waals surface area contributed by atoms with Gasteiger partial charge in [0.1, 0.15) is 0 Å². The standard InChI is InChI=1S/C11H24N2SSi/c1-9(12-7-15)6-10(2)13(8-14)11(3,4)5/h6,14H,7-8H2,1-5,15H3/b10-6-,12-9?. The molecule has 0 atom stereocenters. The number of thiol groups is 1. The summed E-state index contributed by atoms with van der Waals surface area (Å²) in [6.45, 7) is 10.8. The van der Waals surface area contributed by atoms with Gasteiger partial charge in [-0.3, -0.25) is 4.99 Å². The number of aliphatic imine (C=N–C) groups is 1. The molecule has 15 heavy (non-hydrogen) atoms. The Labute approximate surface area is 103 Å². The van der Waals surface area contributed by atoms with Gasteiger partial charge < -0.3 is 4.90 Å². The molecule has 0 saturated heterocycles. The van der Waals surface area contributed by atoms with Crippen LogP contribution in [0.4, 0.5) is 0 Å². The smallest absolute Gasteiger partial charge is 0.0612 e. The quantitative estimate of drug-likeness (QED) is 0.344. The van der Waals surface area contributed by atoms with Crippen LogP contribution in [0.5, 0.6) is 0 Å². The van der Waals surface area contributed by atoms with Crippen LogP contribution in [0.1, 0.15) is 34.6 Å². The van der Waals surface area contributed by atoms with Gasteiger partial charge in [-0.25, -0.2) is 0 Å². The number of rotatable bonds is 4. The van der Waals surface area contributed by atoms with E-state index in [4.69, 9.17) is 0 Å². The maximum Gasteiger partial charge on any atom is 0.0612 e. The maximum absolute atomic E-state index is 4.41. The van der Waals surface area contributed by atoms with Crippen molar-refractivity contribution < 1.29 is 0 Å². The van der Waals surface area contributed by atoms with Gasteiger partial charge >= 0.3 is 0 Å². The van der Waals surface area contributed by atoms with Crippen molar-refractivity contribution in [3.8, 4) is 0 Å². The first-order valence-electron chi connectivity index (χ1n) is 5.40. The van der Waals surface area contributed by atoms with Crippen LogP contribution >= 0.6 is 12.6 Å². The van der Waals surface area contributed by atoms with Gasteiger partial charge in [0.15, 0.2) is 0 Å². The second kappa shape index (κ2) is 6.38. The molecule has 0 unspecified atom stereocenters. The summed E-state index contributed by atoms with van der Waals surface area (Å²) in [4.78, 5) is 6.68. The number of hydrogen-bond acceptors (Lipinski definition) is 3. The van der Waals surface area contributed by atoms with E-state index >= 15 is 0 Å². The Morgan fingerprint density at radius 1 is 1.40 bits per heavy atom. The Kier molecular flexibility index (Phi) is 6.28. The predicted molar refractivity (Wildman–Crippen MR) is 77.1 cm³/mol. The Balaban J connectivity index is 4.80. The van der Waals surface area contributed by atoms with Crippen molar-refractivity contribution in [1.29, 1.82) is 0 Å². The molecule has 0 fully saturated rings. The summed E-state index contributed by atoms with van der Waals surface area (Å²) in [7, 11) is 1.13. The fourth-order valence-corrected chi connectivity index (χ4v) is 2.67. The zero-order chi connectivity index (χ0) is 12.1. The molecule has 0 aromatic heterocycles. The highest BCUT2D eigenvalue weighted by molar-refractivity contribution is 7.80. The van der Waals surface area contributed by atoms with Crippen molar-refractivity contribution in [2.45, 2.75) is 40.2 Å². The third kappa shape index (κ3) is 5.42. The number of hydrogen-bond donors (Lipinski definition) is 1. The average Bonchev–Trinajstić information content (AvgIpc) is 2.02. The lowest BCUT2D eigenvalue weighted by Gasteiger charge is -2.37. The highest BCUT2D eigenvalue weighted by Crippen LogP contribution is 2.19. The summed E-state index contributed by atoms with van der Waals surface area (Å²) in [6.07, 6.45) is 3.12. The van der Waals surface area contributed by atoms with Gasteiger partial charge in [0, 0.05) is 33.4 Å². The Morgan fingerprint density at radius 2 is 1.93 bits per heavy atom. The first kappa shape index (κ1) is 14.8. The highest BCUT2D eigenvalue weighted by atomic mass is 32.1. The summed E-state index contributed by atoms with van der Waals surface area (Å²) in [6, 6.07) is 0. The van der Waals surface area contributed by atoms with Crippen LogP contribution in [0.2, 0.25) is 0 Å². The number of nitrogens with zero attached hydrogens (tertiary/aromatic N) is 2. The summed E-state index contributed by atoms with van der Waals surface area (Å²) >= 11 is 4.38. The van der Waals surface area contributed by atoms with Crippen molar-refractivity contribution >= 4 is 28.6 Å². The van der Waals surface area contributed by atoms with Crippen LogP contribution in [0, 0.1) is 0 Å². The summed E-state index contributed by atoms with van der Waals surface area (Å²) in [5.74, 6) is 0.736. The molecule has 88 valence electrons. The summed E-state index contributed by atoms with van der Waals surface area (Å²) in [5, 5.41) is 0. The molecule has 0 aromatic carbocycles. The van der Waals surface area contributed by atoms with Crippen molar-refractivity contribution in [1.82, 2.24) is 4.90 Å². The van der Waals surface area contributed by atoms with E-state index in [1.165, 1.54) is 5.70 Å². The highest BCUT2D eigenvalue weighted by Gasteiger charge is 2.19. The van der Waals surface area contributed by atoms with Gasteiger partial charge in [0.2, 0.25) is 0 Å². The van der Waals surface area contributed by atoms with E-state index in [9.17, 15) is 0 Å². The molecule has 0 N–H and O–H groups in total. The van der Waals surface area contributed by atoms with Crippen LogP contribution in [0.25, 0.3) is 0 Å². The molecule has 0 bridgehead atoms. The molecule has 0 heterocycles. The molecule has 0 rings (SSSR count). The van der Waals surface area contributed by atoms with Crippen molar-refractivity contribution in [2.75, 3.05) is 12.0 Å². The summed E-state index contributed by atoms with van der Waals surface area (Å²) in [5.41, 5.74) is 2.45. The second-order valence-corrected chi connectivity index (χ2v) is 5.56. The van der Waals surface area contributed by atoms with Gasteiger partial charge in [-0.1, -0.05) is 0 Å². The normalized spacial score (nSPS) is 14.5. The zero-order valence-corrected chi connectivity index (χ0v) is 13.7. The lowest BCUT2D eigenvalue weighted by molar-refractivity contribution is 0.219. The molecule has 0 radical (unpaired) electrons. The topological polar surface area (TPSA) is 15.6 Å². The van der Waals surface area contributed by atoms with Gasteiger partial charge in [-0.2, -0.15) is 12.6 Å². The van der Waals surface area contributed by atoms with Gasteiger partial charge in [-0.15, -0.1) is 0 Å². The Bertz CT molecular complexity index is 254. The van der Waals surface area contributed by atoms with E-state index in [0.29, 0.717) is 0 Å². The predicted octanol–water partition coefficient (Wildman–Crippen LogP) is 1.66. The van der Waals surface area contributed by atoms with E-state index in [1.807, 2.05) is 0 Å². The van der Waals surface area contributed by atoms with Crippen LogP contribution in [0.3, 0.4) is 0 Å². The molecule has 4 heteroatoms. The minimum atomic E-state index is 0.115. The molecule has 2 nitrogen and oxygen atoms in total. The van der Waals surface area contributed by atoms with E-state index in [2.05, 4.69) is 63.2 Å². The minimum Gasteiger partial charge on any atom is -0.361 e. The van der Waals surface area contributed by atoms with Crippen LogP contribution in [-0.4, -0.2) is 38.4 Å². The van der Waals surface area contributed by atoms with Crippen LogP contribution in [-0.2, 0) is 0 Å². The van der Waals surface area contributed by atoms with Gasteiger partial charge in [0.25, 0.3) is 0 Å². The lowest BCUT2D eigenvalue weighted by Crippen LogP contribution is -2.39. The monoisotopic (exact) mass is 244 g/mol. The fourth-order valence-electron chi connectivity index (χ4n) is 1.53. The van der Waals surface area contributed by atoms with Gasteiger partial charge in [-0.05, 0) is 40.7 Å². The lowest BCUT2D eigenvalue weighted by atomic mass is 10.1. The van der Waals surface area contributed by atoms with E-state index in [-0.39, 0.29) is 5.54 Å². The summed E-state index contributed by atoms with van der Waals surface area (Å²) < 4.78 is 0. The van der Waals surface area contributed by atoms with Crippen molar-refractivity contribution in [3.63, 3.8) is 0 Å². The maximum atomic E-state index is 4.41. The molecule has 0 aromatic rings. The Hall–Kier alpha value is -0.223. The van der Waals surface area contributed by atoms with Crippen molar-refractivity contribution in [2.24, 2.45) is 4.99 Å². The first-order chi connectivity index (χ1) is 6.82. The van der Waals surface area contributed by atoms with E-state index in [0.717, 1.165) is 28.0 Å². The SMILES string of the molecule is CC(/C=C(/C)N(CS)C(C)(C)C)=NC[SiH3]. The molecule has 0 saturated carbocycles. The molecular formula is C11H24N2SSi. The zero-order valence-electron chi connectivity index (χ0n) is 10.8.